The topological polar surface area (TPSA) is 91.6 Å². The highest BCUT2D eigenvalue weighted by Crippen LogP contribution is 2.46. The first kappa shape index (κ1) is 36.6. The number of fused-ring (bicyclic) bond motifs is 6. The van der Waals surface area contributed by atoms with E-state index in [9.17, 15) is 0 Å². The van der Waals surface area contributed by atoms with Crippen LogP contribution in [0.2, 0.25) is 0 Å². The second-order valence-corrected chi connectivity index (χ2v) is 14.7. The zero-order chi connectivity index (χ0) is 41.4. The van der Waals surface area contributed by atoms with Crippen LogP contribution in [0.25, 0.3) is 93.7 Å². The Balaban J connectivity index is 1.27. The molecule has 0 aliphatic heterocycles. The molecule has 0 fully saturated rings. The molecule has 9 nitrogen and oxygen atoms in total. The Morgan fingerprint density at radius 2 is 0.983 bits per heavy atom. The van der Waals surface area contributed by atoms with Crippen LogP contribution in [0.3, 0.4) is 0 Å². The molecule has 4 heterocycles. The van der Waals surface area contributed by atoms with Gasteiger partial charge in [-0.3, -0.25) is 0 Å². The van der Waals surface area contributed by atoms with Crippen molar-refractivity contribution in [3.8, 4) is 45.3 Å². The normalized spacial score (nSPS) is 11.9. The molecule has 0 radical (unpaired) electrons. The van der Waals surface area contributed by atoms with Crippen molar-refractivity contribution in [2.24, 2.45) is 0 Å². The Labute approximate surface area is 341 Å². The van der Waals surface area contributed by atoms with Crippen LogP contribution >= 0.6 is 0 Å². The average Bonchev–Trinajstić information content (AvgIpc) is 3.74. The van der Waals surface area contributed by atoms with E-state index in [4.69, 9.17) is 6.57 Å². The van der Waals surface area contributed by atoms with Gasteiger partial charge in [0.05, 0.1) is 45.6 Å². The number of hydrogen-bond donors (Lipinski definition) is 0. The maximum Gasteiger partial charge on any atom is 0.418 e. The highest BCUT2D eigenvalue weighted by molar-refractivity contribution is 6.12. The van der Waals surface area contributed by atoms with Gasteiger partial charge in [-0.2, -0.15) is 13.2 Å². The third kappa shape index (κ3) is 5.93. The lowest BCUT2D eigenvalue weighted by Crippen LogP contribution is -2.12. The minimum atomic E-state index is -4.74. The Bertz CT molecular complexity index is 3410. The van der Waals surface area contributed by atoms with E-state index in [0.717, 1.165) is 44.2 Å². The molecule has 0 aliphatic carbocycles. The quantitative estimate of drug-likeness (QED) is 0.161. The number of para-hydroxylation sites is 3. The van der Waals surface area contributed by atoms with Gasteiger partial charge in [0.25, 0.3) is 0 Å². The summed E-state index contributed by atoms with van der Waals surface area (Å²) in [5.41, 5.74) is 5.12. The maximum atomic E-state index is 15.6. The summed E-state index contributed by atoms with van der Waals surface area (Å²) in [6.45, 7) is 15.3. The maximum absolute atomic E-state index is 15.6. The molecule has 60 heavy (non-hydrogen) atoms. The molecule has 4 aromatic heterocycles. The summed E-state index contributed by atoms with van der Waals surface area (Å²) in [5.74, 6) is 3.38. The van der Waals surface area contributed by atoms with E-state index in [-0.39, 0.29) is 11.4 Å². The lowest BCUT2D eigenvalue weighted by molar-refractivity contribution is -0.137. The Morgan fingerprint density at radius 3 is 1.52 bits per heavy atom. The number of alkyl halides is 3. The predicted octanol–water partition coefficient (Wildman–Crippen LogP) is 12.1. The van der Waals surface area contributed by atoms with Crippen LogP contribution in [0.5, 0.6) is 0 Å². The van der Waals surface area contributed by atoms with Gasteiger partial charge < -0.3 is 9.13 Å². The Morgan fingerprint density at radius 1 is 0.483 bits per heavy atom. The van der Waals surface area contributed by atoms with Crippen molar-refractivity contribution in [2.75, 3.05) is 0 Å². The second-order valence-electron chi connectivity index (χ2n) is 14.7. The second kappa shape index (κ2) is 13.7. The highest BCUT2D eigenvalue weighted by atomic mass is 19.4. The zero-order valence-electron chi connectivity index (χ0n) is 32.7. The highest BCUT2D eigenvalue weighted by Gasteiger charge is 2.36. The van der Waals surface area contributed by atoms with Crippen molar-refractivity contribution < 1.29 is 13.2 Å². The summed E-state index contributed by atoms with van der Waals surface area (Å²) in [6.07, 6.45) is -4.74. The zero-order valence-corrected chi connectivity index (χ0v) is 32.7. The average molecular weight is 792 g/mol. The van der Waals surface area contributed by atoms with Gasteiger partial charge in [-0.05, 0) is 100.0 Å². The number of halogens is 3. The van der Waals surface area contributed by atoms with Gasteiger partial charge in [0.2, 0.25) is 0 Å². The number of rotatable bonds is 5. The molecule has 12 heteroatoms. The van der Waals surface area contributed by atoms with Crippen LogP contribution in [-0.4, -0.2) is 39.0 Å². The third-order valence-electron chi connectivity index (χ3n) is 10.8. The van der Waals surface area contributed by atoms with E-state index in [0.29, 0.717) is 68.4 Å². The van der Waals surface area contributed by atoms with E-state index < -0.39 is 11.7 Å². The summed E-state index contributed by atoms with van der Waals surface area (Å²) in [4.78, 5) is 30.7. The number of benzene rings is 6. The summed E-state index contributed by atoms with van der Waals surface area (Å²) >= 11 is 0. The number of nitrogens with zero attached hydrogens (tertiary/aromatic N) is 9. The SMILES string of the molecule is [C-]#[N+]c1ccc(-n2c3ccccc3c3cc(-c4nc(C)nc(C)n4)ccc32)c(-c2cccc(C(F)(F)F)c2-n2c3ccccc3c3cc(-c4nc(C)nc(C)n4)ccc32)c1. The minimum Gasteiger partial charge on any atom is -0.309 e. The lowest BCUT2D eigenvalue weighted by Gasteiger charge is -2.22. The Kier molecular flexibility index (Phi) is 8.33. The standard InChI is InChI=1S/C48H32F3N9/c1-26-53-27(2)56-46(55-26)30-17-20-42-36(23-30)33-11-6-8-15-40(33)59(42)43-22-19-32(52-5)25-38(43)35-13-10-14-39(48(49,50)51)45(35)60-41-16-9-7-12-34(41)37-24-31(18-21-44(37)60)47-57-28(3)54-29(4)58-47/h6-25H,1-4H3. The van der Waals surface area contributed by atoms with Gasteiger partial charge in [0.15, 0.2) is 17.3 Å². The molecule has 0 amide bonds. The molecular weight excluding hydrogens is 760 g/mol. The van der Waals surface area contributed by atoms with E-state index in [1.165, 1.54) is 6.07 Å². The number of aryl methyl sites for hydroxylation is 4. The molecule has 0 unspecified atom stereocenters. The number of hydrogen-bond acceptors (Lipinski definition) is 6. The largest absolute Gasteiger partial charge is 0.418 e. The fourth-order valence-electron chi connectivity index (χ4n) is 8.45. The predicted molar refractivity (Wildman–Crippen MR) is 228 cm³/mol. The van der Waals surface area contributed by atoms with Crippen LogP contribution in [0, 0.1) is 34.3 Å². The minimum absolute atomic E-state index is 0.0530. The molecule has 0 N–H and O–H groups in total. The monoisotopic (exact) mass is 791 g/mol. The van der Waals surface area contributed by atoms with Crippen molar-refractivity contribution in [3.05, 3.63) is 162 Å². The van der Waals surface area contributed by atoms with E-state index in [2.05, 4.69) is 39.3 Å². The smallest absolute Gasteiger partial charge is 0.309 e. The fraction of sp³-hybridized carbons (Fsp3) is 0.104. The van der Waals surface area contributed by atoms with Crippen molar-refractivity contribution in [2.45, 2.75) is 33.9 Å². The first-order valence-electron chi connectivity index (χ1n) is 19.2. The molecule has 0 saturated heterocycles. The van der Waals surface area contributed by atoms with E-state index >= 15 is 13.2 Å². The first-order chi connectivity index (χ1) is 29.0. The summed E-state index contributed by atoms with van der Waals surface area (Å²) in [7, 11) is 0. The van der Waals surface area contributed by atoms with Crippen LogP contribution in [0.4, 0.5) is 18.9 Å². The van der Waals surface area contributed by atoms with Gasteiger partial charge in [-0.15, -0.1) is 0 Å². The van der Waals surface area contributed by atoms with Gasteiger partial charge in [0, 0.05) is 38.2 Å². The van der Waals surface area contributed by atoms with E-state index in [1.54, 1.807) is 36.6 Å². The molecule has 0 spiro atoms. The third-order valence-corrected chi connectivity index (χ3v) is 10.8. The van der Waals surface area contributed by atoms with Crippen molar-refractivity contribution in [1.29, 1.82) is 0 Å². The summed E-state index contributed by atoms with van der Waals surface area (Å²) in [5, 5.41) is 3.34. The Hall–Kier alpha value is -7.78. The summed E-state index contributed by atoms with van der Waals surface area (Å²) in [6, 6.07) is 36.4. The lowest BCUT2D eigenvalue weighted by atomic mass is 9.96. The fourth-order valence-corrected chi connectivity index (χ4v) is 8.45. The van der Waals surface area contributed by atoms with Crippen LogP contribution in [0.1, 0.15) is 28.9 Å². The van der Waals surface area contributed by atoms with Crippen LogP contribution < -0.4 is 0 Å². The molecule has 0 atom stereocenters. The molecule has 290 valence electrons. The van der Waals surface area contributed by atoms with E-state index in [1.807, 2.05) is 105 Å². The number of aromatic nitrogens is 8. The summed E-state index contributed by atoms with van der Waals surface area (Å²) < 4.78 is 50.4. The molecule has 0 saturated carbocycles. The molecule has 10 aromatic rings. The van der Waals surface area contributed by atoms with Gasteiger partial charge in [-0.25, -0.2) is 34.7 Å². The van der Waals surface area contributed by atoms with Crippen molar-refractivity contribution >= 4 is 49.3 Å². The molecule has 0 bridgehead atoms. The van der Waals surface area contributed by atoms with Crippen molar-refractivity contribution in [1.82, 2.24) is 39.0 Å². The van der Waals surface area contributed by atoms with Gasteiger partial charge in [-0.1, -0.05) is 54.6 Å². The van der Waals surface area contributed by atoms with Gasteiger partial charge >= 0.3 is 6.18 Å². The molecule has 10 rings (SSSR count). The van der Waals surface area contributed by atoms with Gasteiger partial charge in [0.1, 0.15) is 23.3 Å². The first-order valence-corrected chi connectivity index (χ1v) is 19.2. The molecule has 0 aliphatic rings. The van der Waals surface area contributed by atoms with Crippen molar-refractivity contribution in [3.63, 3.8) is 0 Å². The molecule has 6 aromatic carbocycles. The van der Waals surface area contributed by atoms with Crippen LogP contribution in [0.15, 0.2) is 121 Å². The van der Waals surface area contributed by atoms with Crippen LogP contribution in [-0.2, 0) is 6.18 Å². The molecular formula is C48H32F3N9.